The molecule has 0 saturated carbocycles. The average molecular weight is 345 g/mol. The lowest BCUT2D eigenvalue weighted by Crippen LogP contribution is -2.27. The second-order valence-electron chi connectivity index (χ2n) is 4.55. The lowest BCUT2D eigenvalue weighted by atomic mass is 10.1. The molecule has 1 unspecified atom stereocenters. The van der Waals surface area contributed by atoms with Crippen LogP contribution in [0.1, 0.15) is 18.5 Å². The van der Waals surface area contributed by atoms with E-state index in [1.807, 2.05) is 0 Å². The van der Waals surface area contributed by atoms with Crippen LogP contribution in [0.25, 0.3) is 0 Å². The van der Waals surface area contributed by atoms with Gasteiger partial charge in [0.25, 0.3) is 0 Å². The Balaban J connectivity index is 2.34. The maximum atomic E-state index is 12.4. The lowest BCUT2D eigenvalue weighted by Gasteiger charge is -2.17. The van der Waals surface area contributed by atoms with Crippen molar-refractivity contribution < 1.29 is 8.42 Å². The van der Waals surface area contributed by atoms with Crippen molar-refractivity contribution in [3.8, 4) is 0 Å². The molecule has 1 atom stereocenters. The maximum Gasteiger partial charge on any atom is 0.242 e. The van der Waals surface area contributed by atoms with Gasteiger partial charge in [-0.25, -0.2) is 13.1 Å². The lowest BCUT2D eigenvalue weighted by molar-refractivity contribution is 0.567. The van der Waals surface area contributed by atoms with E-state index in [0.717, 1.165) is 0 Å². The molecular formula is C14H14Cl2N2O2S. The smallest absolute Gasteiger partial charge is 0.242 e. The molecule has 0 aliphatic heterocycles. The summed E-state index contributed by atoms with van der Waals surface area (Å²) in [4.78, 5) is -0.0574. The number of anilines is 1. The second kappa shape index (κ2) is 6.23. The fourth-order valence-electron chi connectivity index (χ4n) is 1.95. The first-order valence-electron chi connectivity index (χ1n) is 6.13. The van der Waals surface area contributed by atoms with Crippen molar-refractivity contribution in [1.29, 1.82) is 0 Å². The van der Waals surface area contributed by atoms with Gasteiger partial charge in [-0.05, 0) is 36.8 Å². The molecule has 0 aromatic heterocycles. The molecule has 2 aromatic carbocycles. The summed E-state index contributed by atoms with van der Waals surface area (Å²) in [6.45, 7) is 1.71. The molecular weight excluding hydrogens is 331 g/mol. The topological polar surface area (TPSA) is 72.2 Å². The van der Waals surface area contributed by atoms with E-state index in [2.05, 4.69) is 4.72 Å². The molecule has 2 rings (SSSR count). The van der Waals surface area contributed by atoms with Gasteiger partial charge in [-0.1, -0.05) is 41.4 Å². The third kappa shape index (κ3) is 3.68. The van der Waals surface area contributed by atoms with E-state index in [4.69, 9.17) is 28.9 Å². The number of nitrogens with one attached hydrogen (secondary N) is 1. The van der Waals surface area contributed by atoms with E-state index < -0.39 is 16.1 Å². The van der Waals surface area contributed by atoms with Crippen molar-refractivity contribution in [2.45, 2.75) is 17.9 Å². The Kier molecular flexibility index (Phi) is 4.78. The molecule has 21 heavy (non-hydrogen) atoms. The van der Waals surface area contributed by atoms with Crippen LogP contribution in [0.15, 0.2) is 47.4 Å². The molecule has 0 radical (unpaired) electrons. The van der Waals surface area contributed by atoms with Crippen molar-refractivity contribution in [2.75, 3.05) is 5.73 Å². The highest BCUT2D eigenvalue weighted by Crippen LogP contribution is 2.27. The number of halogens is 2. The predicted octanol–water partition coefficient (Wildman–Crippen LogP) is 3.62. The third-order valence-corrected chi connectivity index (χ3v) is 5.23. The molecule has 0 heterocycles. The number of nitrogens with two attached hydrogens (primary N) is 1. The van der Waals surface area contributed by atoms with Crippen LogP contribution in [-0.2, 0) is 10.0 Å². The fourth-order valence-corrected chi connectivity index (χ4v) is 3.93. The molecule has 0 fully saturated rings. The average Bonchev–Trinajstić information content (AvgIpc) is 2.41. The minimum absolute atomic E-state index is 0.0574. The maximum absolute atomic E-state index is 12.4. The molecule has 112 valence electrons. The third-order valence-electron chi connectivity index (χ3n) is 2.98. The molecule has 7 heteroatoms. The first kappa shape index (κ1) is 16.1. The van der Waals surface area contributed by atoms with Crippen molar-refractivity contribution in [3.63, 3.8) is 0 Å². The molecule has 0 aliphatic carbocycles. The number of rotatable bonds is 4. The Morgan fingerprint density at radius 1 is 1.14 bits per heavy atom. The fraction of sp³-hybridized carbons (Fsp3) is 0.143. The zero-order chi connectivity index (χ0) is 15.6. The summed E-state index contributed by atoms with van der Waals surface area (Å²) < 4.78 is 27.4. The Hall–Kier alpha value is -1.27. The van der Waals surface area contributed by atoms with Gasteiger partial charge in [0, 0.05) is 16.8 Å². The van der Waals surface area contributed by atoms with Crippen LogP contribution in [0.4, 0.5) is 5.69 Å². The molecule has 2 aromatic rings. The van der Waals surface area contributed by atoms with Gasteiger partial charge in [-0.15, -0.1) is 0 Å². The normalized spacial score (nSPS) is 13.1. The van der Waals surface area contributed by atoms with Crippen molar-refractivity contribution in [2.24, 2.45) is 0 Å². The van der Waals surface area contributed by atoms with Gasteiger partial charge < -0.3 is 5.73 Å². The number of hydrogen-bond donors (Lipinski definition) is 2. The van der Waals surface area contributed by atoms with Crippen LogP contribution < -0.4 is 10.5 Å². The van der Waals surface area contributed by atoms with Gasteiger partial charge in [-0.3, -0.25) is 0 Å². The van der Waals surface area contributed by atoms with Gasteiger partial charge >= 0.3 is 0 Å². The Labute approximate surface area is 133 Å². The Bertz CT molecular complexity index is 763. The van der Waals surface area contributed by atoms with Crippen LogP contribution >= 0.6 is 23.2 Å². The van der Waals surface area contributed by atoms with E-state index in [9.17, 15) is 8.42 Å². The zero-order valence-electron chi connectivity index (χ0n) is 11.2. The van der Waals surface area contributed by atoms with Crippen LogP contribution in [0.3, 0.4) is 0 Å². The predicted molar refractivity (Wildman–Crippen MR) is 86.1 cm³/mol. The van der Waals surface area contributed by atoms with Crippen LogP contribution in [0.2, 0.25) is 10.0 Å². The van der Waals surface area contributed by atoms with Crippen LogP contribution in [-0.4, -0.2) is 8.42 Å². The number of benzene rings is 2. The minimum Gasteiger partial charge on any atom is -0.398 e. The molecule has 0 spiro atoms. The quantitative estimate of drug-likeness (QED) is 0.832. The summed E-state index contributed by atoms with van der Waals surface area (Å²) >= 11 is 11.8. The summed E-state index contributed by atoms with van der Waals surface area (Å²) in [6, 6.07) is 10.9. The summed E-state index contributed by atoms with van der Waals surface area (Å²) in [5.74, 6) is 0. The SMILES string of the molecule is CC(NS(=O)(=O)c1cc(Cl)ccc1Cl)c1ccccc1N. The molecule has 3 N–H and O–H groups in total. The molecule has 0 bridgehead atoms. The van der Waals surface area contributed by atoms with Gasteiger partial charge in [0.05, 0.1) is 5.02 Å². The van der Waals surface area contributed by atoms with Crippen LogP contribution in [0, 0.1) is 0 Å². The highest BCUT2D eigenvalue weighted by Gasteiger charge is 2.22. The Morgan fingerprint density at radius 2 is 1.81 bits per heavy atom. The number of hydrogen-bond acceptors (Lipinski definition) is 3. The monoisotopic (exact) mass is 344 g/mol. The highest BCUT2D eigenvalue weighted by molar-refractivity contribution is 7.89. The molecule has 0 amide bonds. The number of sulfonamides is 1. The first-order chi connectivity index (χ1) is 9.81. The number of para-hydroxylation sites is 1. The Morgan fingerprint density at radius 3 is 2.48 bits per heavy atom. The summed E-state index contributed by atoms with van der Waals surface area (Å²) in [7, 11) is -3.80. The molecule has 0 aliphatic rings. The van der Waals surface area contributed by atoms with Gasteiger partial charge in [-0.2, -0.15) is 0 Å². The van der Waals surface area contributed by atoms with Crippen molar-refractivity contribution >= 4 is 38.9 Å². The van der Waals surface area contributed by atoms with E-state index >= 15 is 0 Å². The standard InChI is InChI=1S/C14H14Cl2N2O2S/c1-9(11-4-2-3-5-13(11)17)18-21(19,20)14-8-10(15)6-7-12(14)16/h2-9,18H,17H2,1H3. The minimum atomic E-state index is -3.80. The van der Waals surface area contributed by atoms with Gasteiger partial charge in [0.1, 0.15) is 4.90 Å². The summed E-state index contributed by atoms with van der Waals surface area (Å²) in [5.41, 5.74) is 7.06. The van der Waals surface area contributed by atoms with Crippen LogP contribution in [0.5, 0.6) is 0 Å². The van der Waals surface area contributed by atoms with E-state index in [0.29, 0.717) is 16.3 Å². The highest BCUT2D eigenvalue weighted by atomic mass is 35.5. The summed E-state index contributed by atoms with van der Waals surface area (Å²) in [6.07, 6.45) is 0. The van der Waals surface area contributed by atoms with Crippen molar-refractivity contribution in [1.82, 2.24) is 4.72 Å². The second-order valence-corrected chi connectivity index (χ2v) is 7.07. The van der Waals surface area contributed by atoms with E-state index in [-0.39, 0.29) is 9.92 Å². The van der Waals surface area contributed by atoms with E-state index in [1.54, 1.807) is 31.2 Å². The van der Waals surface area contributed by atoms with E-state index in [1.165, 1.54) is 18.2 Å². The molecule has 4 nitrogen and oxygen atoms in total. The summed E-state index contributed by atoms with van der Waals surface area (Å²) in [5, 5.41) is 0.409. The van der Waals surface area contributed by atoms with Crippen molar-refractivity contribution in [3.05, 3.63) is 58.1 Å². The first-order valence-corrected chi connectivity index (χ1v) is 8.37. The largest absolute Gasteiger partial charge is 0.398 e. The zero-order valence-corrected chi connectivity index (χ0v) is 13.5. The number of nitrogen functional groups attached to an aromatic ring is 1. The van der Waals surface area contributed by atoms with Gasteiger partial charge in [0.2, 0.25) is 10.0 Å². The molecule has 0 saturated heterocycles. The van der Waals surface area contributed by atoms with Gasteiger partial charge in [0.15, 0.2) is 0 Å².